The largest absolute Gasteiger partial charge is 0.497 e. The summed E-state index contributed by atoms with van der Waals surface area (Å²) < 4.78 is 15.5. The minimum Gasteiger partial charge on any atom is -0.497 e. The van der Waals surface area contributed by atoms with E-state index in [0.717, 1.165) is 0 Å². The molecule has 0 aliphatic rings. The molecule has 3 aromatic rings. The highest BCUT2D eigenvalue weighted by Crippen LogP contribution is 2.19. The molecule has 1 amide bonds. The molecule has 28 heavy (non-hydrogen) atoms. The van der Waals surface area contributed by atoms with Crippen molar-refractivity contribution in [1.29, 1.82) is 0 Å². The SMILES string of the molecule is COc1ccc(NC(=O)c2ccc(OC(=O)c3ccc(OC)cc3)cc2)cc1. The summed E-state index contributed by atoms with van der Waals surface area (Å²) in [4.78, 5) is 24.5. The van der Waals surface area contributed by atoms with E-state index in [9.17, 15) is 9.59 Å². The Morgan fingerprint density at radius 1 is 0.643 bits per heavy atom. The Morgan fingerprint density at radius 3 is 1.64 bits per heavy atom. The van der Waals surface area contributed by atoms with E-state index in [4.69, 9.17) is 14.2 Å². The molecule has 3 aromatic carbocycles. The second-order valence-corrected chi connectivity index (χ2v) is 5.83. The highest BCUT2D eigenvalue weighted by atomic mass is 16.5. The first kappa shape index (κ1) is 19.0. The van der Waals surface area contributed by atoms with Gasteiger partial charge in [0, 0.05) is 11.3 Å². The highest BCUT2D eigenvalue weighted by molar-refractivity contribution is 6.04. The predicted molar refractivity (Wildman–Crippen MR) is 105 cm³/mol. The zero-order valence-electron chi connectivity index (χ0n) is 15.5. The quantitative estimate of drug-likeness (QED) is 0.515. The first-order valence-electron chi connectivity index (χ1n) is 8.51. The lowest BCUT2D eigenvalue weighted by Crippen LogP contribution is -2.12. The number of carbonyl (C=O) groups excluding carboxylic acids is 2. The molecule has 3 rings (SSSR count). The number of carbonyl (C=O) groups is 2. The van der Waals surface area contributed by atoms with E-state index in [1.807, 2.05) is 0 Å². The number of methoxy groups -OCH3 is 2. The van der Waals surface area contributed by atoms with Crippen molar-refractivity contribution < 1.29 is 23.8 Å². The molecule has 0 heterocycles. The van der Waals surface area contributed by atoms with Gasteiger partial charge in [0.05, 0.1) is 19.8 Å². The maximum Gasteiger partial charge on any atom is 0.343 e. The van der Waals surface area contributed by atoms with Gasteiger partial charge in [0.1, 0.15) is 17.2 Å². The van der Waals surface area contributed by atoms with Crippen LogP contribution >= 0.6 is 0 Å². The molecule has 0 spiro atoms. The van der Waals surface area contributed by atoms with Gasteiger partial charge in [-0.1, -0.05) is 0 Å². The van der Waals surface area contributed by atoms with Crippen LogP contribution in [0.25, 0.3) is 0 Å². The lowest BCUT2D eigenvalue weighted by molar-refractivity contribution is 0.0734. The molecule has 0 fully saturated rings. The first-order chi connectivity index (χ1) is 13.6. The zero-order valence-corrected chi connectivity index (χ0v) is 15.5. The Kier molecular flexibility index (Phi) is 5.91. The molecule has 6 heteroatoms. The Bertz CT molecular complexity index is 948. The summed E-state index contributed by atoms with van der Waals surface area (Å²) in [5.41, 5.74) is 1.50. The van der Waals surface area contributed by atoms with Crippen LogP contribution in [0, 0.1) is 0 Å². The van der Waals surface area contributed by atoms with Gasteiger partial charge in [-0.3, -0.25) is 4.79 Å². The lowest BCUT2D eigenvalue weighted by atomic mass is 10.2. The Balaban J connectivity index is 1.61. The van der Waals surface area contributed by atoms with Crippen molar-refractivity contribution in [3.05, 3.63) is 83.9 Å². The molecule has 1 N–H and O–H groups in total. The van der Waals surface area contributed by atoms with Gasteiger partial charge in [-0.15, -0.1) is 0 Å². The van der Waals surface area contributed by atoms with Crippen molar-refractivity contribution in [1.82, 2.24) is 0 Å². The minimum absolute atomic E-state index is 0.266. The van der Waals surface area contributed by atoms with Crippen LogP contribution in [0.1, 0.15) is 20.7 Å². The van der Waals surface area contributed by atoms with Gasteiger partial charge in [-0.25, -0.2) is 4.79 Å². The fourth-order valence-electron chi connectivity index (χ4n) is 2.45. The molecule has 0 bridgehead atoms. The normalized spacial score (nSPS) is 10.1. The Morgan fingerprint density at radius 2 is 1.11 bits per heavy atom. The molecule has 0 saturated heterocycles. The van der Waals surface area contributed by atoms with Crippen LogP contribution < -0.4 is 19.5 Å². The van der Waals surface area contributed by atoms with Crippen molar-refractivity contribution in [2.45, 2.75) is 0 Å². The molecule has 0 saturated carbocycles. The fourth-order valence-corrected chi connectivity index (χ4v) is 2.45. The average molecular weight is 377 g/mol. The van der Waals surface area contributed by atoms with E-state index in [2.05, 4.69) is 5.32 Å². The molecule has 142 valence electrons. The topological polar surface area (TPSA) is 73.9 Å². The number of rotatable bonds is 6. The van der Waals surface area contributed by atoms with Gasteiger partial charge in [0.25, 0.3) is 5.91 Å². The predicted octanol–water partition coefficient (Wildman–Crippen LogP) is 4.18. The molecule has 0 atom stereocenters. The maximum absolute atomic E-state index is 12.3. The van der Waals surface area contributed by atoms with E-state index in [0.29, 0.717) is 34.1 Å². The van der Waals surface area contributed by atoms with Gasteiger partial charge in [-0.2, -0.15) is 0 Å². The summed E-state index contributed by atoms with van der Waals surface area (Å²) in [6.07, 6.45) is 0. The third-order valence-electron chi connectivity index (χ3n) is 4.00. The Hall–Kier alpha value is -3.80. The smallest absolute Gasteiger partial charge is 0.343 e. The van der Waals surface area contributed by atoms with Crippen LogP contribution in [-0.4, -0.2) is 26.1 Å². The summed E-state index contributed by atoms with van der Waals surface area (Å²) >= 11 is 0. The van der Waals surface area contributed by atoms with E-state index in [1.165, 1.54) is 0 Å². The molecule has 6 nitrogen and oxygen atoms in total. The second-order valence-electron chi connectivity index (χ2n) is 5.83. The summed E-state index contributed by atoms with van der Waals surface area (Å²) in [5, 5.41) is 2.79. The van der Waals surface area contributed by atoms with E-state index < -0.39 is 5.97 Å². The van der Waals surface area contributed by atoms with E-state index >= 15 is 0 Å². The number of esters is 1. The zero-order chi connectivity index (χ0) is 19.9. The molecular weight excluding hydrogens is 358 g/mol. The van der Waals surface area contributed by atoms with Crippen molar-refractivity contribution in [3.8, 4) is 17.2 Å². The lowest BCUT2D eigenvalue weighted by Gasteiger charge is -2.08. The monoisotopic (exact) mass is 377 g/mol. The van der Waals surface area contributed by atoms with Gasteiger partial charge >= 0.3 is 5.97 Å². The van der Waals surface area contributed by atoms with Crippen LogP contribution in [0.2, 0.25) is 0 Å². The Labute approximate surface area is 162 Å². The summed E-state index contributed by atoms with van der Waals surface area (Å²) in [6, 6.07) is 20.0. The number of benzene rings is 3. The first-order valence-corrected chi connectivity index (χ1v) is 8.51. The molecule has 0 aliphatic heterocycles. The number of hydrogen-bond donors (Lipinski definition) is 1. The average Bonchev–Trinajstić information content (AvgIpc) is 2.74. The van der Waals surface area contributed by atoms with Crippen LogP contribution in [0.15, 0.2) is 72.8 Å². The third kappa shape index (κ3) is 4.67. The summed E-state index contributed by atoms with van der Waals surface area (Å²) in [7, 11) is 3.14. The van der Waals surface area contributed by atoms with Gasteiger partial charge in [-0.05, 0) is 72.8 Å². The van der Waals surface area contributed by atoms with Crippen LogP contribution in [0.4, 0.5) is 5.69 Å². The van der Waals surface area contributed by atoms with Crippen molar-refractivity contribution in [3.63, 3.8) is 0 Å². The number of anilines is 1. The molecule has 0 aliphatic carbocycles. The van der Waals surface area contributed by atoms with Crippen molar-refractivity contribution >= 4 is 17.6 Å². The van der Waals surface area contributed by atoms with Gasteiger partial charge < -0.3 is 19.5 Å². The highest BCUT2D eigenvalue weighted by Gasteiger charge is 2.11. The molecule has 0 unspecified atom stereocenters. The second kappa shape index (κ2) is 8.73. The summed E-state index contributed by atoms with van der Waals surface area (Å²) in [5.74, 6) is 0.961. The van der Waals surface area contributed by atoms with Crippen LogP contribution in [0.5, 0.6) is 17.2 Å². The minimum atomic E-state index is -0.488. The third-order valence-corrected chi connectivity index (χ3v) is 4.00. The number of hydrogen-bond acceptors (Lipinski definition) is 5. The fraction of sp³-hybridized carbons (Fsp3) is 0.0909. The molecule has 0 radical (unpaired) electrons. The van der Waals surface area contributed by atoms with Crippen molar-refractivity contribution in [2.24, 2.45) is 0 Å². The maximum atomic E-state index is 12.3. The van der Waals surface area contributed by atoms with Gasteiger partial charge in [0.2, 0.25) is 0 Å². The number of nitrogens with one attached hydrogen (secondary N) is 1. The van der Waals surface area contributed by atoms with E-state index in [1.54, 1.807) is 87.0 Å². The molecular formula is C22H19NO5. The number of ether oxygens (including phenoxy) is 3. The number of amides is 1. The van der Waals surface area contributed by atoms with Crippen LogP contribution in [0.3, 0.4) is 0 Å². The summed E-state index contributed by atoms with van der Waals surface area (Å²) in [6.45, 7) is 0. The molecule has 0 aromatic heterocycles. The van der Waals surface area contributed by atoms with E-state index in [-0.39, 0.29) is 5.91 Å². The van der Waals surface area contributed by atoms with Crippen LogP contribution in [-0.2, 0) is 0 Å². The van der Waals surface area contributed by atoms with Crippen molar-refractivity contribution in [2.75, 3.05) is 19.5 Å². The van der Waals surface area contributed by atoms with Gasteiger partial charge in [0.15, 0.2) is 0 Å². The standard InChI is InChI=1S/C22H19NO5/c1-26-18-9-5-16(6-10-18)22(25)28-20-11-3-15(4-12-20)21(24)23-17-7-13-19(27-2)14-8-17/h3-14H,1-2H3,(H,23,24).